The number of benzene rings is 1. The number of carbonyl (C=O) groups is 2. The van der Waals surface area contributed by atoms with Gasteiger partial charge in [-0.05, 0) is 51.4 Å². The number of rotatable bonds is 7. The maximum Gasteiger partial charge on any atom is 0.317 e. The number of carbonyl (C=O) groups excluding carboxylic acids is 1. The van der Waals surface area contributed by atoms with Crippen LogP contribution in [0, 0.1) is 0 Å². The van der Waals surface area contributed by atoms with Crippen LogP contribution < -0.4 is 5.32 Å². The van der Waals surface area contributed by atoms with Crippen molar-refractivity contribution in [2.45, 2.75) is 44.8 Å². The average Bonchev–Trinajstić information content (AvgIpc) is 2.61. The number of likely N-dealkylation sites (tertiary alicyclic amines) is 1. The molecule has 0 aliphatic carbocycles. The van der Waals surface area contributed by atoms with Crippen molar-refractivity contribution in [2.75, 3.05) is 26.7 Å². The Morgan fingerprint density at radius 2 is 1.85 bits per heavy atom. The third-order valence-corrected chi connectivity index (χ3v) is 5.41. The van der Waals surface area contributed by atoms with E-state index in [1.54, 1.807) is 0 Å². The second-order valence-electron chi connectivity index (χ2n) is 7.03. The lowest BCUT2D eigenvalue weighted by molar-refractivity contribution is -0.138. The molecular formula is C19H28ClN3O3. The number of piperidine rings is 1. The van der Waals surface area contributed by atoms with Crippen molar-refractivity contribution in [1.29, 1.82) is 0 Å². The number of hydrogen-bond acceptors (Lipinski definition) is 4. The van der Waals surface area contributed by atoms with Crippen LogP contribution in [0.1, 0.15) is 38.3 Å². The Bertz CT molecular complexity index is 615. The van der Waals surface area contributed by atoms with Gasteiger partial charge < -0.3 is 10.4 Å². The zero-order valence-corrected chi connectivity index (χ0v) is 16.4. The largest absolute Gasteiger partial charge is 0.480 e. The molecule has 1 saturated heterocycles. The van der Waals surface area contributed by atoms with Crippen LogP contribution in [0.3, 0.4) is 0 Å². The van der Waals surface area contributed by atoms with Gasteiger partial charge in [0.15, 0.2) is 0 Å². The quantitative estimate of drug-likeness (QED) is 0.758. The van der Waals surface area contributed by atoms with E-state index in [9.17, 15) is 9.59 Å². The molecule has 0 saturated carbocycles. The number of nitrogens with one attached hydrogen (secondary N) is 1. The van der Waals surface area contributed by atoms with Crippen molar-refractivity contribution < 1.29 is 14.7 Å². The first kappa shape index (κ1) is 20.7. The van der Waals surface area contributed by atoms with Gasteiger partial charge >= 0.3 is 5.97 Å². The molecule has 1 heterocycles. The monoisotopic (exact) mass is 381 g/mol. The zero-order chi connectivity index (χ0) is 19.3. The predicted molar refractivity (Wildman–Crippen MR) is 102 cm³/mol. The molecule has 2 unspecified atom stereocenters. The highest BCUT2D eigenvalue weighted by Gasteiger charge is 2.29. The molecule has 1 aromatic carbocycles. The summed E-state index contributed by atoms with van der Waals surface area (Å²) in [7, 11) is 1.85. The van der Waals surface area contributed by atoms with Crippen molar-refractivity contribution in [3.05, 3.63) is 34.9 Å². The summed E-state index contributed by atoms with van der Waals surface area (Å²) in [4.78, 5) is 27.5. The Hall–Kier alpha value is -1.63. The van der Waals surface area contributed by atoms with Gasteiger partial charge in [0, 0.05) is 24.2 Å². The molecule has 1 aromatic rings. The van der Waals surface area contributed by atoms with Gasteiger partial charge in [-0.3, -0.25) is 19.4 Å². The standard InChI is InChI=1S/C19H28ClN3O3/c1-13(15-4-6-16(20)7-5-15)21-19(26)14(2)23-10-8-17(9-11-23)22(3)12-18(24)25/h4-7,13-14,17H,8-12H2,1-3H3,(H,21,26)(H,24,25). The van der Waals surface area contributed by atoms with Crippen LogP contribution in [0.5, 0.6) is 0 Å². The molecule has 2 N–H and O–H groups in total. The molecule has 144 valence electrons. The van der Waals surface area contributed by atoms with Crippen LogP contribution >= 0.6 is 11.6 Å². The minimum Gasteiger partial charge on any atom is -0.480 e. The number of carboxylic acid groups (broad SMARTS) is 1. The SMILES string of the molecule is CC(NC(=O)C(C)N1CCC(N(C)CC(=O)O)CC1)c1ccc(Cl)cc1. The summed E-state index contributed by atoms with van der Waals surface area (Å²) in [5.74, 6) is -0.802. The van der Waals surface area contributed by atoms with Crippen LogP contribution in [0.4, 0.5) is 0 Å². The van der Waals surface area contributed by atoms with Gasteiger partial charge in [0.1, 0.15) is 0 Å². The smallest absolute Gasteiger partial charge is 0.317 e. The molecule has 26 heavy (non-hydrogen) atoms. The fourth-order valence-corrected chi connectivity index (χ4v) is 3.52. The van der Waals surface area contributed by atoms with Crippen LogP contribution in [-0.4, -0.2) is 65.5 Å². The molecule has 2 atom stereocenters. The van der Waals surface area contributed by atoms with E-state index in [1.807, 2.05) is 50.1 Å². The fourth-order valence-electron chi connectivity index (χ4n) is 3.39. The average molecular weight is 382 g/mol. The second-order valence-corrected chi connectivity index (χ2v) is 7.47. The minimum atomic E-state index is -0.807. The number of amides is 1. The molecule has 0 aromatic heterocycles. The Kier molecular flexibility index (Phi) is 7.43. The molecule has 7 heteroatoms. The highest BCUT2D eigenvalue weighted by atomic mass is 35.5. The van der Waals surface area contributed by atoms with Crippen LogP contribution in [0.15, 0.2) is 24.3 Å². The third-order valence-electron chi connectivity index (χ3n) is 5.16. The van der Waals surface area contributed by atoms with Gasteiger partial charge in [-0.1, -0.05) is 23.7 Å². The van der Waals surface area contributed by atoms with Gasteiger partial charge in [-0.25, -0.2) is 0 Å². The van der Waals surface area contributed by atoms with E-state index in [0.717, 1.165) is 31.5 Å². The summed E-state index contributed by atoms with van der Waals surface area (Å²) in [6.07, 6.45) is 1.74. The molecule has 1 aliphatic heterocycles. The molecule has 0 radical (unpaired) electrons. The molecule has 0 bridgehead atoms. The van der Waals surface area contributed by atoms with Crippen molar-refractivity contribution in [3.8, 4) is 0 Å². The first-order valence-electron chi connectivity index (χ1n) is 9.00. The zero-order valence-electron chi connectivity index (χ0n) is 15.6. The number of hydrogen-bond donors (Lipinski definition) is 2. The molecular weight excluding hydrogens is 354 g/mol. The lowest BCUT2D eigenvalue weighted by Gasteiger charge is -2.38. The Morgan fingerprint density at radius 3 is 2.38 bits per heavy atom. The molecule has 2 rings (SSSR count). The maximum absolute atomic E-state index is 12.6. The van der Waals surface area contributed by atoms with Crippen molar-refractivity contribution in [3.63, 3.8) is 0 Å². The van der Waals surface area contributed by atoms with E-state index >= 15 is 0 Å². The predicted octanol–water partition coefficient (Wildman–Crippen LogP) is 2.39. The van der Waals surface area contributed by atoms with Crippen molar-refractivity contribution >= 4 is 23.5 Å². The highest BCUT2D eigenvalue weighted by molar-refractivity contribution is 6.30. The molecule has 0 spiro atoms. The maximum atomic E-state index is 12.6. The van der Waals surface area contributed by atoms with Gasteiger partial charge in [-0.2, -0.15) is 0 Å². The summed E-state index contributed by atoms with van der Waals surface area (Å²) in [5, 5.41) is 12.6. The van der Waals surface area contributed by atoms with E-state index in [2.05, 4.69) is 10.2 Å². The normalized spacial score (nSPS) is 18.5. The highest BCUT2D eigenvalue weighted by Crippen LogP contribution is 2.19. The van der Waals surface area contributed by atoms with Gasteiger partial charge in [0.2, 0.25) is 5.91 Å². The minimum absolute atomic E-state index is 0.00444. The molecule has 6 nitrogen and oxygen atoms in total. The number of halogens is 1. The van der Waals surface area contributed by atoms with Gasteiger partial charge in [0.05, 0.1) is 18.6 Å². The number of aliphatic carboxylic acids is 1. The Balaban J connectivity index is 1.83. The molecule has 1 amide bonds. The first-order chi connectivity index (χ1) is 12.3. The van der Waals surface area contributed by atoms with E-state index in [-0.39, 0.29) is 30.6 Å². The van der Waals surface area contributed by atoms with Gasteiger partial charge in [0.25, 0.3) is 0 Å². The summed E-state index contributed by atoms with van der Waals surface area (Å²) in [6.45, 7) is 5.52. The molecule has 1 fully saturated rings. The van der Waals surface area contributed by atoms with E-state index < -0.39 is 5.97 Å². The number of nitrogens with zero attached hydrogens (tertiary/aromatic N) is 2. The van der Waals surface area contributed by atoms with Crippen molar-refractivity contribution in [2.24, 2.45) is 0 Å². The summed E-state index contributed by atoms with van der Waals surface area (Å²) in [5.41, 5.74) is 1.02. The Labute approximate surface area is 160 Å². The summed E-state index contributed by atoms with van der Waals surface area (Å²) < 4.78 is 0. The van der Waals surface area contributed by atoms with Crippen LogP contribution in [0.25, 0.3) is 0 Å². The Morgan fingerprint density at radius 1 is 1.27 bits per heavy atom. The van der Waals surface area contributed by atoms with E-state index in [0.29, 0.717) is 5.02 Å². The fraction of sp³-hybridized carbons (Fsp3) is 0.579. The molecule has 1 aliphatic rings. The number of carboxylic acids is 1. The first-order valence-corrected chi connectivity index (χ1v) is 9.37. The lowest BCUT2D eigenvalue weighted by atomic mass is 10.0. The second kappa shape index (κ2) is 9.35. The van der Waals surface area contributed by atoms with Crippen LogP contribution in [0.2, 0.25) is 5.02 Å². The van der Waals surface area contributed by atoms with Crippen LogP contribution in [-0.2, 0) is 9.59 Å². The summed E-state index contributed by atoms with van der Waals surface area (Å²) >= 11 is 5.91. The van der Waals surface area contributed by atoms with Gasteiger partial charge in [-0.15, -0.1) is 0 Å². The lowest BCUT2D eigenvalue weighted by Crippen LogP contribution is -2.51. The topological polar surface area (TPSA) is 72.9 Å². The van der Waals surface area contributed by atoms with Crippen molar-refractivity contribution in [1.82, 2.24) is 15.1 Å². The van der Waals surface area contributed by atoms with E-state index in [4.69, 9.17) is 16.7 Å². The summed E-state index contributed by atoms with van der Waals surface area (Å²) in [6, 6.07) is 7.44. The van der Waals surface area contributed by atoms with E-state index in [1.165, 1.54) is 0 Å². The third kappa shape index (κ3) is 5.69. The number of likely N-dealkylation sites (N-methyl/N-ethyl adjacent to an activating group) is 1.